The number of hydrogen-bond acceptors (Lipinski definition) is 4. The fourth-order valence-corrected chi connectivity index (χ4v) is 3.82. The van der Waals surface area contributed by atoms with Crippen molar-refractivity contribution in [2.75, 3.05) is 57.8 Å². The minimum absolute atomic E-state index is 0. The van der Waals surface area contributed by atoms with Crippen LogP contribution in [-0.2, 0) is 16.0 Å². The minimum Gasteiger partial charge on any atom is -0.450 e. The number of fused-ring (bicyclic) bond motifs is 1. The average Bonchev–Trinajstić information content (AvgIpc) is 3.18. The van der Waals surface area contributed by atoms with E-state index in [-0.39, 0.29) is 36.0 Å². The van der Waals surface area contributed by atoms with Crippen LogP contribution < -0.4 is 10.2 Å². The minimum atomic E-state index is -0.253. The zero-order chi connectivity index (χ0) is 20.6. The van der Waals surface area contributed by atoms with Crippen LogP contribution in [0.4, 0.5) is 10.5 Å². The molecule has 0 unspecified atom stereocenters. The molecule has 9 heteroatoms. The van der Waals surface area contributed by atoms with Crippen LogP contribution in [0.25, 0.3) is 0 Å². The lowest BCUT2D eigenvalue weighted by molar-refractivity contribution is -0.118. The molecule has 0 radical (unpaired) electrons. The van der Waals surface area contributed by atoms with E-state index < -0.39 is 0 Å². The number of aliphatic imine (C=N–C) groups is 1. The largest absolute Gasteiger partial charge is 0.450 e. The second kappa shape index (κ2) is 12.0. The van der Waals surface area contributed by atoms with E-state index in [0.29, 0.717) is 45.8 Å². The number of ether oxygens (including phenoxy) is 1. The first kappa shape index (κ1) is 24.2. The van der Waals surface area contributed by atoms with E-state index in [2.05, 4.69) is 21.3 Å². The number of nitrogens with zero attached hydrogens (tertiary/aromatic N) is 4. The molecule has 0 aromatic heterocycles. The van der Waals surface area contributed by atoms with Gasteiger partial charge in [0, 0.05) is 58.4 Å². The SMILES string of the molecule is CCOC(=O)N1CCN(C(=NC)NCCCC(=O)N2CCc3ccccc32)CC1.I. The maximum absolute atomic E-state index is 12.6. The van der Waals surface area contributed by atoms with E-state index in [4.69, 9.17) is 4.74 Å². The predicted molar refractivity (Wildman–Crippen MR) is 129 cm³/mol. The van der Waals surface area contributed by atoms with E-state index in [0.717, 1.165) is 31.0 Å². The number of para-hydroxylation sites is 1. The van der Waals surface area contributed by atoms with Crippen LogP contribution in [0.1, 0.15) is 25.3 Å². The number of halogens is 1. The number of guanidine groups is 1. The molecule has 1 saturated heterocycles. The van der Waals surface area contributed by atoms with E-state index in [1.54, 1.807) is 11.9 Å². The van der Waals surface area contributed by atoms with E-state index in [1.165, 1.54) is 5.56 Å². The summed E-state index contributed by atoms with van der Waals surface area (Å²) >= 11 is 0. The molecule has 2 aliphatic rings. The Bertz CT molecular complexity index is 750. The summed E-state index contributed by atoms with van der Waals surface area (Å²) < 4.78 is 5.06. The van der Waals surface area contributed by atoms with Crippen LogP contribution in [-0.4, -0.2) is 80.7 Å². The summed E-state index contributed by atoms with van der Waals surface area (Å²) in [7, 11) is 1.76. The highest BCUT2D eigenvalue weighted by Crippen LogP contribution is 2.27. The number of nitrogens with one attached hydrogen (secondary N) is 1. The molecule has 8 nitrogen and oxygen atoms in total. The fourth-order valence-electron chi connectivity index (χ4n) is 3.82. The third-order valence-electron chi connectivity index (χ3n) is 5.36. The van der Waals surface area contributed by atoms with Crippen LogP contribution in [0.15, 0.2) is 29.3 Å². The summed E-state index contributed by atoms with van der Waals surface area (Å²) in [6, 6.07) is 8.12. The Morgan fingerprint density at radius 2 is 1.80 bits per heavy atom. The fraction of sp³-hybridized carbons (Fsp3) is 0.571. The van der Waals surface area contributed by atoms with Gasteiger partial charge in [-0.15, -0.1) is 24.0 Å². The van der Waals surface area contributed by atoms with Crippen LogP contribution in [0.5, 0.6) is 0 Å². The third kappa shape index (κ3) is 5.99. The molecule has 2 aliphatic heterocycles. The Morgan fingerprint density at radius 1 is 1.10 bits per heavy atom. The standard InChI is InChI=1S/C21H31N5O3.HI/c1-3-29-21(28)25-15-13-24(14-16-25)20(22-2)23-11-6-9-19(27)26-12-10-17-7-4-5-8-18(17)26;/h4-5,7-8H,3,6,9-16H2,1-2H3,(H,22,23);1H. The molecule has 2 heterocycles. The molecule has 1 aromatic carbocycles. The summed E-state index contributed by atoms with van der Waals surface area (Å²) in [6.45, 7) is 6.32. The molecule has 0 saturated carbocycles. The second-order valence-corrected chi connectivity index (χ2v) is 7.17. The van der Waals surface area contributed by atoms with Crippen molar-refractivity contribution >= 4 is 47.6 Å². The van der Waals surface area contributed by atoms with Gasteiger partial charge >= 0.3 is 6.09 Å². The van der Waals surface area contributed by atoms with Crippen LogP contribution in [0.3, 0.4) is 0 Å². The monoisotopic (exact) mass is 529 g/mol. The molecule has 166 valence electrons. The van der Waals surface area contributed by atoms with Gasteiger partial charge in [0.25, 0.3) is 0 Å². The van der Waals surface area contributed by atoms with Crippen molar-refractivity contribution in [3.8, 4) is 0 Å². The van der Waals surface area contributed by atoms with Crippen molar-refractivity contribution in [3.05, 3.63) is 29.8 Å². The Labute approximate surface area is 195 Å². The van der Waals surface area contributed by atoms with E-state index >= 15 is 0 Å². The average molecular weight is 529 g/mol. The molecule has 1 fully saturated rings. The molecule has 0 bridgehead atoms. The van der Waals surface area contributed by atoms with Gasteiger partial charge in [-0.2, -0.15) is 0 Å². The highest BCUT2D eigenvalue weighted by atomic mass is 127. The van der Waals surface area contributed by atoms with Crippen LogP contribution in [0, 0.1) is 0 Å². The number of amides is 2. The number of anilines is 1. The van der Waals surface area contributed by atoms with Crippen molar-refractivity contribution in [2.24, 2.45) is 4.99 Å². The molecule has 0 atom stereocenters. The van der Waals surface area contributed by atoms with Crippen molar-refractivity contribution in [1.82, 2.24) is 15.1 Å². The van der Waals surface area contributed by atoms with Gasteiger partial charge in [0.05, 0.1) is 6.61 Å². The molecule has 0 aliphatic carbocycles. The third-order valence-corrected chi connectivity index (χ3v) is 5.36. The molecule has 30 heavy (non-hydrogen) atoms. The Balaban J connectivity index is 0.00000320. The quantitative estimate of drug-likeness (QED) is 0.274. The molecular formula is C21H32IN5O3. The lowest BCUT2D eigenvalue weighted by atomic mass is 10.2. The van der Waals surface area contributed by atoms with Crippen molar-refractivity contribution in [1.29, 1.82) is 0 Å². The van der Waals surface area contributed by atoms with Gasteiger partial charge in [0.2, 0.25) is 5.91 Å². The van der Waals surface area contributed by atoms with E-state index in [9.17, 15) is 9.59 Å². The molecule has 1 aromatic rings. The maximum atomic E-state index is 12.6. The first-order valence-corrected chi connectivity index (χ1v) is 10.4. The molecule has 0 spiro atoms. The lowest BCUT2D eigenvalue weighted by Gasteiger charge is -2.35. The number of piperazine rings is 1. The summed E-state index contributed by atoms with van der Waals surface area (Å²) in [5.74, 6) is 0.988. The Hall–Kier alpha value is -2.04. The normalized spacial score (nSPS) is 16.1. The van der Waals surface area contributed by atoms with Gasteiger partial charge in [0.1, 0.15) is 0 Å². The Kier molecular flexibility index (Phi) is 9.67. The van der Waals surface area contributed by atoms with Crippen LogP contribution in [0.2, 0.25) is 0 Å². The first-order valence-electron chi connectivity index (χ1n) is 10.4. The van der Waals surface area contributed by atoms with Gasteiger partial charge in [-0.05, 0) is 31.4 Å². The predicted octanol–water partition coefficient (Wildman–Crippen LogP) is 2.32. The lowest BCUT2D eigenvalue weighted by Crippen LogP contribution is -2.54. The van der Waals surface area contributed by atoms with Gasteiger partial charge in [-0.3, -0.25) is 9.79 Å². The van der Waals surface area contributed by atoms with Gasteiger partial charge in [0.15, 0.2) is 5.96 Å². The van der Waals surface area contributed by atoms with Crippen molar-refractivity contribution in [2.45, 2.75) is 26.2 Å². The topological polar surface area (TPSA) is 77.5 Å². The van der Waals surface area contributed by atoms with Gasteiger partial charge < -0.3 is 24.8 Å². The zero-order valence-corrected chi connectivity index (χ0v) is 20.1. The van der Waals surface area contributed by atoms with Crippen LogP contribution >= 0.6 is 24.0 Å². The summed E-state index contributed by atoms with van der Waals surface area (Å²) in [4.78, 5) is 34.5. The Morgan fingerprint density at radius 3 is 2.50 bits per heavy atom. The maximum Gasteiger partial charge on any atom is 0.409 e. The van der Waals surface area contributed by atoms with Crippen molar-refractivity contribution in [3.63, 3.8) is 0 Å². The number of rotatable bonds is 5. The first-order chi connectivity index (χ1) is 14.1. The number of benzene rings is 1. The number of hydrogen-bond donors (Lipinski definition) is 1. The highest BCUT2D eigenvalue weighted by Gasteiger charge is 2.25. The molecule has 1 N–H and O–H groups in total. The molecular weight excluding hydrogens is 497 g/mol. The number of carbonyl (C=O) groups is 2. The molecule has 2 amide bonds. The van der Waals surface area contributed by atoms with Gasteiger partial charge in [-0.1, -0.05) is 18.2 Å². The summed E-state index contributed by atoms with van der Waals surface area (Å²) in [5, 5.41) is 3.34. The summed E-state index contributed by atoms with van der Waals surface area (Å²) in [5.41, 5.74) is 2.31. The number of carbonyl (C=O) groups excluding carboxylic acids is 2. The van der Waals surface area contributed by atoms with Gasteiger partial charge in [-0.25, -0.2) is 4.79 Å². The van der Waals surface area contributed by atoms with E-state index in [1.807, 2.05) is 30.0 Å². The smallest absolute Gasteiger partial charge is 0.409 e. The highest BCUT2D eigenvalue weighted by molar-refractivity contribution is 14.0. The van der Waals surface area contributed by atoms with Crippen molar-refractivity contribution < 1.29 is 14.3 Å². The molecule has 3 rings (SSSR count). The zero-order valence-electron chi connectivity index (χ0n) is 17.8. The summed E-state index contributed by atoms with van der Waals surface area (Å²) in [6.07, 6.45) is 1.94. The second-order valence-electron chi connectivity index (χ2n) is 7.17.